The minimum absolute atomic E-state index is 0.0270. The average Bonchev–Trinajstić information content (AvgIpc) is 2.38. The van der Waals surface area contributed by atoms with Gasteiger partial charge in [0.2, 0.25) is 5.82 Å². The molecule has 0 fully saturated rings. The number of hydrogen-bond acceptors (Lipinski definition) is 4. The zero-order valence-corrected chi connectivity index (χ0v) is 11.8. The first-order valence-corrected chi connectivity index (χ1v) is 6.26. The molecule has 0 saturated heterocycles. The number of rotatable bonds is 3. The Morgan fingerprint density at radius 1 is 1.15 bits per heavy atom. The quantitative estimate of drug-likeness (QED) is 0.930. The highest BCUT2D eigenvalue weighted by molar-refractivity contribution is 5.88. The number of primary amides is 1. The molecule has 2 aromatic rings. The van der Waals surface area contributed by atoms with Gasteiger partial charge < -0.3 is 10.5 Å². The van der Waals surface area contributed by atoms with E-state index in [2.05, 4.69) is 36.8 Å². The fourth-order valence-electron chi connectivity index (χ4n) is 1.66. The van der Waals surface area contributed by atoms with E-state index < -0.39 is 5.91 Å². The highest BCUT2D eigenvalue weighted by atomic mass is 16.5. The molecule has 1 heterocycles. The molecule has 104 valence electrons. The largest absolute Gasteiger partial charge is 0.454 e. The Labute approximate surface area is 117 Å². The van der Waals surface area contributed by atoms with Crippen LogP contribution in [-0.4, -0.2) is 15.9 Å². The third kappa shape index (κ3) is 3.32. The van der Waals surface area contributed by atoms with E-state index in [1.54, 1.807) is 0 Å². The van der Waals surface area contributed by atoms with Gasteiger partial charge in [0.1, 0.15) is 5.75 Å². The first-order valence-electron chi connectivity index (χ1n) is 6.26. The van der Waals surface area contributed by atoms with Crippen LogP contribution in [0, 0.1) is 0 Å². The Morgan fingerprint density at radius 3 is 2.35 bits per heavy atom. The molecule has 0 aliphatic rings. The Morgan fingerprint density at radius 2 is 1.80 bits per heavy atom. The summed E-state index contributed by atoms with van der Waals surface area (Å²) in [5.41, 5.74) is 6.30. The number of ether oxygens (including phenoxy) is 1. The number of amides is 1. The van der Waals surface area contributed by atoms with Crippen molar-refractivity contribution in [2.45, 2.75) is 26.2 Å². The molecular formula is C15H17N3O2. The second kappa shape index (κ2) is 5.28. The normalized spacial score (nSPS) is 11.2. The molecule has 0 radical (unpaired) electrons. The van der Waals surface area contributed by atoms with E-state index in [1.807, 2.05) is 18.2 Å². The fraction of sp³-hybridized carbons (Fsp3) is 0.267. The Balaban J connectivity index is 2.20. The number of benzene rings is 1. The SMILES string of the molecule is CC(C)(C)c1cccc(Oc2cnc(C(N)=O)nc2)c1. The maximum absolute atomic E-state index is 10.9. The predicted molar refractivity (Wildman–Crippen MR) is 75.8 cm³/mol. The molecule has 2 rings (SSSR count). The Hall–Kier alpha value is -2.43. The van der Waals surface area contributed by atoms with E-state index in [-0.39, 0.29) is 11.2 Å². The lowest BCUT2D eigenvalue weighted by molar-refractivity contribution is 0.0990. The van der Waals surface area contributed by atoms with Gasteiger partial charge in [-0.05, 0) is 23.1 Å². The summed E-state index contributed by atoms with van der Waals surface area (Å²) in [6.07, 6.45) is 2.85. The van der Waals surface area contributed by atoms with Gasteiger partial charge in [-0.3, -0.25) is 4.79 Å². The zero-order valence-electron chi connectivity index (χ0n) is 11.8. The van der Waals surface area contributed by atoms with Crippen molar-refractivity contribution < 1.29 is 9.53 Å². The molecule has 0 atom stereocenters. The lowest BCUT2D eigenvalue weighted by Gasteiger charge is -2.19. The summed E-state index contributed by atoms with van der Waals surface area (Å²) < 4.78 is 5.67. The van der Waals surface area contributed by atoms with Crippen molar-refractivity contribution in [2.24, 2.45) is 5.73 Å². The zero-order chi connectivity index (χ0) is 14.8. The second-order valence-corrected chi connectivity index (χ2v) is 5.49. The van der Waals surface area contributed by atoms with Crippen LogP contribution in [0.5, 0.6) is 11.5 Å². The van der Waals surface area contributed by atoms with E-state index in [9.17, 15) is 4.79 Å². The maximum Gasteiger partial charge on any atom is 0.286 e. The number of carbonyl (C=O) groups is 1. The van der Waals surface area contributed by atoms with E-state index in [0.717, 1.165) is 0 Å². The smallest absolute Gasteiger partial charge is 0.286 e. The van der Waals surface area contributed by atoms with Crippen LogP contribution in [0.1, 0.15) is 37.0 Å². The minimum Gasteiger partial charge on any atom is -0.454 e. The van der Waals surface area contributed by atoms with E-state index in [0.29, 0.717) is 11.5 Å². The van der Waals surface area contributed by atoms with Crippen LogP contribution in [0.2, 0.25) is 0 Å². The van der Waals surface area contributed by atoms with E-state index >= 15 is 0 Å². The molecular weight excluding hydrogens is 254 g/mol. The number of nitrogens with zero attached hydrogens (tertiary/aromatic N) is 2. The molecule has 5 heteroatoms. The number of aromatic nitrogens is 2. The number of hydrogen-bond donors (Lipinski definition) is 1. The lowest BCUT2D eigenvalue weighted by atomic mass is 9.87. The standard InChI is InChI=1S/C15H17N3O2/c1-15(2,3)10-5-4-6-11(7-10)20-12-8-17-14(13(16)19)18-9-12/h4-9H,1-3H3,(H2,16,19). The van der Waals surface area contributed by atoms with Crippen LogP contribution in [0.4, 0.5) is 0 Å². The molecule has 0 unspecified atom stereocenters. The predicted octanol–water partition coefficient (Wildman–Crippen LogP) is 2.67. The third-order valence-electron chi connectivity index (χ3n) is 2.78. The molecule has 20 heavy (non-hydrogen) atoms. The van der Waals surface area contributed by atoms with Crippen LogP contribution >= 0.6 is 0 Å². The number of nitrogens with two attached hydrogens (primary N) is 1. The van der Waals surface area contributed by atoms with Crippen molar-refractivity contribution in [3.63, 3.8) is 0 Å². The average molecular weight is 271 g/mol. The molecule has 1 aromatic carbocycles. The molecule has 2 N–H and O–H groups in total. The van der Waals surface area contributed by atoms with Gasteiger partial charge in [0.05, 0.1) is 12.4 Å². The molecule has 1 aromatic heterocycles. The second-order valence-electron chi connectivity index (χ2n) is 5.49. The first kappa shape index (κ1) is 14.0. The molecule has 0 bridgehead atoms. The molecule has 5 nitrogen and oxygen atoms in total. The maximum atomic E-state index is 10.9. The minimum atomic E-state index is -0.661. The first-order chi connectivity index (χ1) is 9.36. The molecule has 0 saturated carbocycles. The van der Waals surface area contributed by atoms with Gasteiger partial charge in [-0.2, -0.15) is 0 Å². The Bertz CT molecular complexity index is 616. The van der Waals surface area contributed by atoms with Gasteiger partial charge in [0, 0.05) is 0 Å². The van der Waals surface area contributed by atoms with Crippen molar-refractivity contribution >= 4 is 5.91 Å². The van der Waals surface area contributed by atoms with Gasteiger partial charge in [-0.25, -0.2) is 9.97 Å². The van der Waals surface area contributed by atoms with Crippen LogP contribution in [-0.2, 0) is 5.41 Å². The van der Waals surface area contributed by atoms with Crippen molar-refractivity contribution in [1.29, 1.82) is 0 Å². The van der Waals surface area contributed by atoms with Gasteiger partial charge in [-0.15, -0.1) is 0 Å². The number of carbonyl (C=O) groups excluding carboxylic acids is 1. The molecule has 1 amide bonds. The van der Waals surface area contributed by atoms with E-state index in [1.165, 1.54) is 18.0 Å². The van der Waals surface area contributed by atoms with E-state index in [4.69, 9.17) is 10.5 Å². The summed E-state index contributed by atoms with van der Waals surface area (Å²) >= 11 is 0. The summed E-state index contributed by atoms with van der Waals surface area (Å²) in [5, 5.41) is 0. The van der Waals surface area contributed by atoms with Gasteiger partial charge in [0.25, 0.3) is 5.91 Å². The lowest BCUT2D eigenvalue weighted by Crippen LogP contribution is -2.14. The molecule has 0 aliphatic heterocycles. The van der Waals surface area contributed by atoms with Gasteiger partial charge in [0.15, 0.2) is 5.75 Å². The van der Waals surface area contributed by atoms with Crippen LogP contribution < -0.4 is 10.5 Å². The molecule has 0 aliphatic carbocycles. The summed E-state index contributed by atoms with van der Waals surface area (Å²) in [6, 6.07) is 7.83. The van der Waals surface area contributed by atoms with Crippen LogP contribution in [0.25, 0.3) is 0 Å². The van der Waals surface area contributed by atoms with Crippen molar-refractivity contribution in [3.05, 3.63) is 48.0 Å². The summed E-state index contributed by atoms with van der Waals surface area (Å²) in [5.74, 6) is 0.473. The highest BCUT2D eigenvalue weighted by Gasteiger charge is 2.14. The fourth-order valence-corrected chi connectivity index (χ4v) is 1.66. The molecule has 0 spiro atoms. The van der Waals surface area contributed by atoms with Crippen molar-refractivity contribution in [1.82, 2.24) is 9.97 Å². The Kier molecular flexibility index (Phi) is 3.70. The summed E-state index contributed by atoms with van der Waals surface area (Å²) in [7, 11) is 0. The van der Waals surface area contributed by atoms with Crippen LogP contribution in [0.3, 0.4) is 0 Å². The topological polar surface area (TPSA) is 78.1 Å². The summed E-state index contributed by atoms with van der Waals surface area (Å²) in [4.78, 5) is 18.6. The van der Waals surface area contributed by atoms with Gasteiger partial charge >= 0.3 is 0 Å². The highest BCUT2D eigenvalue weighted by Crippen LogP contribution is 2.27. The third-order valence-corrected chi connectivity index (χ3v) is 2.78. The van der Waals surface area contributed by atoms with Crippen molar-refractivity contribution in [2.75, 3.05) is 0 Å². The van der Waals surface area contributed by atoms with Gasteiger partial charge in [-0.1, -0.05) is 32.9 Å². The van der Waals surface area contributed by atoms with Crippen molar-refractivity contribution in [3.8, 4) is 11.5 Å². The monoisotopic (exact) mass is 271 g/mol. The van der Waals surface area contributed by atoms with Crippen LogP contribution in [0.15, 0.2) is 36.7 Å². The summed E-state index contributed by atoms with van der Waals surface area (Å²) in [6.45, 7) is 6.41.